The predicted molar refractivity (Wildman–Crippen MR) is 196 cm³/mol. The largest absolute Gasteiger partial charge is 0.265 e. The molecule has 5 aromatic carbocycles. The van der Waals surface area contributed by atoms with E-state index in [9.17, 15) is 0 Å². The van der Waals surface area contributed by atoms with Crippen molar-refractivity contribution < 1.29 is 0 Å². The van der Waals surface area contributed by atoms with Crippen molar-refractivity contribution in [3.8, 4) is 33.5 Å². The van der Waals surface area contributed by atoms with E-state index in [1.54, 1.807) is 0 Å². The van der Waals surface area contributed by atoms with Crippen LogP contribution >= 0.6 is 0 Å². The molecule has 0 N–H and O–H groups in total. The smallest absolute Gasteiger partial charge is 0.0708 e. The molecule has 1 aliphatic carbocycles. The summed E-state index contributed by atoms with van der Waals surface area (Å²) in [5.41, 5.74) is 9.90. The fraction of sp³-hybridized carbons (Fsp3) is 0.136. The summed E-state index contributed by atoms with van der Waals surface area (Å²) in [4.78, 5) is 8.88. The molecule has 2 heterocycles. The molecule has 1 aliphatic rings. The Kier molecular flexibility index (Phi) is 6.87. The molecule has 2 aromatic heterocycles. The lowest BCUT2D eigenvalue weighted by Crippen LogP contribution is -2.20. The van der Waals surface area contributed by atoms with Gasteiger partial charge in [-0.05, 0) is 120 Å². The number of hydrogen-bond donors (Lipinski definition) is 0. The van der Waals surface area contributed by atoms with Gasteiger partial charge in [-0.3, -0.25) is 9.97 Å². The van der Waals surface area contributed by atoms with Crippen molar-refractivity contribution in [1.82, 2.24) is 9.97 Å². The van der Waals surface area contributed by atoms with Gasteiger partial charge in [0.1, 0.15) is 0 Å². The van der Waals surface area contributed by atoms with Gasteiger partial charge in [0.15, 0.2) is 0 Å². The molecule has 46 heavy (non-hydrogen) atoms. The third-order valence-corrected chi connectivity index (χ3v) is 9.64. The Balaban J connectivity index is 1.25. The number of allylic oxidation sites excluding steroid dienone is 4. The molecule has 7 aromatic rings. The molecular weight excluding hydrogens is 556 g/mol. The van der Waals surface area contributed by atoms with Crippen LogP contribution in [0, 0.1) is 11.3 Å². The topological polar surface area (TPSA) is 25.8 Å². The number of benzene rings is 5. The van der Waals surface area contributed by atoms with Gasteiger partial charge in [-0.1, -0.05) is 112 Å². The molecule has 0 saturated carbocycles. The Labute approximate surface area is 270 Å². The molecule has 0 bridgehead atoms. The second kappa shape index (κ2) is 11.2. The lowest BCUT2D eigenvalue weighted by atomic mass is 9.73. The summed E-state index contributed by atoms with van der Waals surface area (Å²) in [6, 6.07) is 39.8. The van der Waals surface area contributed by atoms with Gasteiger partial charge >= 0.3 is 0 Å². The number of pyridine rings is 2. The zero-order valence-corrected chi connectivity index (χ0v) is 26.5. The summed E-state index contributed by atoms with van der Waals surface area (Å²) in [5.74, 6) is 0.503. The molecule has 0 fully saturated rings. The molecule has 222 valence electrons. The molecule has 2 nitrogen and oxygen atoms in total. The van der Waals surface area contributed by atoms with Crippen molar-refractivity contribution in [2.75, 3.05) is 0 Å². The van der Waals surface area contributed by atoms with E-state index < -0.39 is 0 Å². The predicted octanol–water partition coefficient (Wildman–Crippen LogP) is 11.9. The normalized spacial score (nSPS) is 15.0. The van der Waals surface area contributed by atoms with E-state index >= 15 is 0 Å². The average molecular weight is 593 g/mol. The van der Waals surface area contributed by atoms with Gasteiger partial charge in [-0.2, -0.15) is 0 Å². The maximum Gasteiger partial charge on any atom is 0.0708 e. The number of nitrogens with zero attached hydrogens (tertiary/aromatic N) is 2. The van der Waals surface area contributed by atoms with Gasteiger partial charge in [0, 0.05) is 24.2 Å². The summed E-state index contributed by atoms with van der Waals surface area (Å²) in [6.45, 7) is 7.05. The maximum absolute atomic E-state index is 4.72. The van der Waals surface area contributed by atoms with Crippen LogP contribution in [0.25, 0.3) is 71.4 Å². The molecule has 8 rings (SSSR count). The summed E-state index contributed by atoms with van der Waals surface area (Å²) in [5, 5.41) is 7.66. The third kappa shape index (κ3) is 5.01. The van der Waals surface area contributed by atoms with Crippen molar-refractivity contribution in [2.45, 2.75) is 27.2 Å². The monoisotopic (exact) mass is 592 g/mol. The van der Waals surface area contributed by atoms with E-state index in [4.69, 9.17) is 4.98 Å². The van der Waals surface area contributed by atoms with E-state index in [2.05, 4.69) is 141 Å². The van der Waals surface area contributed by atoms with E-state index in [1.165, 1.54) is 54.6 Å². The zero-order valence-electron chi connectivity index (χ0n) is 26.5. The lowest BCUT2D eigenvalue weighted by Gasteiger charge is -2.31. The van der Waals surface area contributed by atoms with Crippen LogP contribution in [-0.2, 0) is 0 Å². The summed E-state index contributed by atoms with van der Waals surface area (Å²) >= 11 is 0. The quantitative estimate of drug-likeness (QED) is 0.190. The van der Waals surface area contributed by atoms with Crippen LogP contribution in [0.3, 0.4) is 0 Å². The molecule has 0 radical (unpaired) electrons. The van der Waals surface area contributed by atoms with Crippen LogP contribution in [0.15, 0.2) is 146 Å². The van der Waals surface area contributed by atoms with Crippen LogP contribution in [0.5, 0.6) is 0 Å². The van der Waals surface area contributed by atoms with Gasteiger partial charge < -0.3 is 0 Å². The molecule has 0 aliphatic heterocycles. The first-order valence-corrected chi connectivity index (χ1v) is 16.2. The molecule has 0 amide bonds. The summed E-state index contributed by atoms with van der Waals surface area (Å²) in [7, 11) is 0. The van der Waals surface area contributed by atoms with Gasteiger partial charge in [0.05, 0.1) is 5.69 Å². The van der Waals surface area contributed by atoms with Crippen LogP contribution in [-0.4, -0.2) is 9.97 Å². The van der Waals surface area contributed by atoms with Gasteiger partial charge in [0.2, 0.25) is 0 Å². The third-order valence-electron chi connectivity index (χ3n) is 9.64. The van der Waals surface area contributed by atoms with Gasteiger partial charge in [-0.15, -0.1) is 0 Å². The van der Waals surface area contributed by atoms with Crippen LogP contribution in [0.2, 0.25) is 0 Å². The minimum atomic E-state index is 0.213. The van der Waals surface area contributed by atoms with Crippen LogP contribution in [0.4, 0.5) is 0 Å². The van der Waals surface area contributed by atoms with E-state index in [0.29, 0.717) is 5.92 Å². The number of fused-ring (bicyclic) bond motifs is 3. The highest BCUT2D eigenvalue weighted by Crippen LogP contribution is 2.46. The zero-order chi connectivity index (χ0) is 31.3. The Bertz CT molecular complexity index is 2260. The Hall–Kier alpha value is -5.34. The van der Waals surface area contributed by atoms with Crippen molar-refractivity contribution in [3.63, 3.8) is 0 Å². The highest BCUT2D eigenvalue weighted by molar-refractivity contribution is 6.19. The summed E-state index contributed by atoms with van der Waals surface area (Å²) in [6.07, 6.45) is 13.6. The first-order valence-electron chi connectivity index (χ1n) is 16.2. The van der Waals surface area contributed by atoms with Crippen molar-refractivity contribution in [2.24, 2.45) is 11.3 Å². The molecular formula is C44H36N2. The van der Waals surface area contributed by atoms with E-state index in [-0.39, 0.29) is 5.41 Å². The number of rotatable bonds is 4. The Morgan fingerprint density at radius 2 is 1.15 bits per heavy atom. The van der Waals surface area contributed by atoms with E-state index in [1.807, 2.05) is 30.7 Å². The van der Waals surface area contributed by atoms with Crippen molar-refractivity contribution >= 4 is 37.9 Å². The molecule has 1 unspecified atom stereocenters. The number of aromatic nitrogens is 2. The maximum atomic E-state index is 4.72. The lowest BCUT2D eigenvalue weighted by molar-refractivity contribution is 0.297. The summed E-state index contributed by atoms with van der Waals surface area (Å²) < 4.78 is 0. The van der Waals surface area contributed by atoms with Gasteiger partial charge in [-0.25, -0.2) is 0 Å². The SMILES string of the molecule is CC(C)(C)C1C=CC=C(c2c3ccccc3c(-c3ccc4cc(-c5cc(-c6ccncc6)ccn5)ccc4c3)c3ccccc23)C1. The Morgan fingerprint density at radius 1 is 0.565 bits per heavy atom. The second-order valence-electron chi connectivity index (χ2n) is 13.5. The second-order valence-corrected chi connectivity index (χ2v) is 13.5. The average Bonchev–Trinajstić information content (AvgIpc) is 3.10. The Morgan fingerprint density at radius 3 is 1.80 bits per heavy atom. The number of hydrogen-bond acceptors (Lipinski definition) is 2. The molecule has 1 atom stereocenters. The van der Waals surface area contributed by atoms with Crippen LogP contribution in [0.1, 0.15) is 32.8 Å². The highest BCUT2D eigenvalue weighted by atomic mass is 14.7. The first kappa shape index (κ1) is 28.2. The van der Waals surface area contributed by atoms with E-state index in [0.717, 1.165) is 28.8 Å². The van der Waals surface area contributed by atoms with Gasteiger partial charge in [0.25, 0.3) is 0 Å². The minimum Gasteiger partial charge on any atom is -0.265 e. The minimum absolute atomic E-state index is 0.213. The first-order chi connectivity index (χ1) is 22.4. The fourth-order valence-electron chi connectivity index (χ4n) is 7.12. The highest BCUT2D eigenvalue weighted by Gasteiger charge is 2.27. The standard InChI is InChI=1S/C44H36N2/c1-44(2,3)36-10-8-9-34(27-36)42-37-11-4-6-13-39(37)43(40-14-7-5-12-38(40)42)35-18-16-30-25-33(17-15-31(30)26-35)41-28-32(21-24-46-41)29-19-22-45-23-20-29/h4-26,28,36H,27H2,1-3H3. The fourth-order valence-corrected chi connectivity index (χ4v) is 7.12. The molecule has 0 spiro atoms. The molecule has 2 heteroatoms. The van der Waals surface area contributed by atoms with Crippen molar-refractivity contribution in [1.29, 1.82) is 0 Å². The van der Waals surface area contributed by atoms with Crippen molar-refractivity contribution in [3.05, 3.63) is 152 Å². The van der Waals surface area contributed by atoms with Crippen LogP contribution < -0.4 is 0 Å². The molecule has 0 saturated heterocycles.